The molecule has 0 aromatic heterocycles. The Morgan fingerprint density at radius 3 is 2.52 bits per heavy atom. The highest BCUT2D eigenvalue weighted by atomic mass is 16.5. The number of nitrogens with zero attached hydrogens (tertiary/aromatic N) is 2. The lowest BCUT2D eigenvalue weighted by Gasteiger charge is -2.40. The maximum Gasteiger partial charge on any atom is 0.126 e. The smallest absolute Gasteiger partial charge is 0.126 e. The van der Waals surface area contributed by atoms with Gasteiger partial charge in [-0.25, -0.2) is 0 Å². The number of benzene rings is 1. The minimum Gasteiger partial charge on any atom is -0.496 e. The van der Waals surface area contributed by atoms with Crippen LogP contribution < -0.4 is 4.74 Å². The minimum absolute atomic E-state index is 0.838. The van der Waals surface area contributed by atoms with Crippen molar-refractivity contribution in [1.29, 1.82) is 0 Å². The number of piperidine rings is 2. The van der Waals surface area contributed by atoms with E-state index < -0.39 is 0 Å². The van der Waals surface area contributed by atoms with Crippen LogP contribution in [0.5, 0.6) is 5.75 Å². The summed E-state index contributed by atoms with van der Waals surface area (Å²) in [7, 11) is 1.73. The van der Waals surface area contributed by atoms with Gasteiger partial charge in [0, 0.05) is 18.2 Å². The molecule has 0 N–H and O–H groups in total. The summed E-state index contributed by atoms with van der Waals surface area (Å²) in [6.07, 6.45) is 11.4. The van der Waals surface area contributed by atoms with E-state index in [1.165, 1.54) is 63.8 Å². The van der Waals surface area contributed by atoms with Crippen molar-refractivity contribution in [2.75, 3.05) is 39.8 Å². The minimum atomic E-state index is 0.838. The van der Waals surface area contributed by atoms with Gasteiger partial charge in [-0.3, -0.25) is 4.90 Å². The zero-order valence-electron chi connectivity index (χ0n) is 14.4. The number of methoxy groups -OCH3 is 1. The number of hydrogen-bond donors (Lipinski definition) is 0. The SMILES string of the molecule is COc1ccccc1C=CCN1CCC(N2CCCCC2)CC1. The molecule has 126 valence electrons. The van der Waals surface area contributed by atoms with Gasteiger partial charge in [-0.2, -0.15) is 0 Å². The molecule has 23 heavy (non-hydrogen) atoms. The first-order valence-corrected chi connectivity index (χ1v) is 9.13. The first kappa shape index (κ1) is 16.5. The molecule has 0 spiro atoms. The molecule has 2 heterocycles. The fourth-order valence-electron chi connectivity index (χ4n) is 3.88. The van der Waals surface area contributed by atoms with Crippen molar-refractivity contribution in [3.63, 3.8) is 0 Å². The molecule has 3 nitrogen and oxygen atoms in total. The first-order chi connectivity index (χ1) is 11.4. The second-order valence-corrected chi connectivity index (χ2v) is 6.77. The van der Waals surface area contributed by atoms with E-state index in [1.807, 2.05) is 12.1 Å². The van der Waals surface area contributed by atoms with Crippen LogP contribution in [-0.2, 0) is 0 Å². The van der Waals surface area contributed by atoms with Crippen molar-refractivity contribution in [2.45, 2.75) is 38.1 Å². The summed E-state index contributed by atoms with van der Waals surface area (Å²) in [5.41, 5.74) is 1.17. The molecule has 3 heteroatoms. The zero-order chi connectivity index (χ0) is 15.9. The summed E-state index contributed by atoms with van der Waals surface area (Å²) in [5.74, 6) is 0.951. The molecular weight excluding hydrogens is 284 g/mol. The number of hydrogen-bond acceptors (Lipinski definition) is 3. The molecule has 1 aromatic rings. The highest BCUT2D eigenvalue weighted by molar-refractivity contribution is 5.57. The second kappa shape index (κ2) is 8.51. The van der Waals surface area contributed by atoms with Crippen LogP contribution in [0.4, 0.5) is 0 Å². The quantitative estimate of drug-likeness (QED) is 0.825. The van der Waals surface area contributed by atoms with E-state index in [0.717, 1.165) is 18.3 Å². The average molecular weight is 314 g/mol. The third-order valence-corrected chi connectivity index (χ3v) is 5.26. The lowest BCUT2D eigenvalue weighted by molar-refractivity contribution is 0.0975. The van der Waals surface area contributed by atoms with Gasteiger partial charge in [0.1, 0.15) is 5.75 Å². The van der Waals surface area contributed by atoms with Gasteiger partial charge in [-0.15, -0.1) is 0 Å². The Morgan fingerprint density at radius 2 is 1.78 bits per heavy atom. The van der Waals surface area contributed by atoms with Crippen LogP contribution in [0.25, 0.3) is 6.08 Å². The van der Waals surface area contributed by atoms with Crippen LogP contribution in [0.15, 0.2) is 30.3 Å². The Morgan fingerprint density at radius 1 is 1.04 bits per heavy atom. The molecule has 2 fully saturated rings. The number of ether oxygens (including phenoxy) is 1. The third-order valence-electron chi connectivity index (χ3n) is 5.26. The molecule has 0 radical (unpaired) electrons. The van der Waals surface area contributed by atoms with Crippen molar-refractivity contribution < 1.29 is 4.74 Å². The van der Waals surface area contributed by atoms with Crippen LogP contribution in [0.1, 0.15) is 37.7 Å². The van der Waals surface area contributed by atoms with Gasteiger partial charge in [-0.05, 0) is 57.9 Å². The number of rotatable bonds is 5. The van der Waals surface area contributed by atoms with Gasteiger partial charge in [-0.1, -0.05) is 36.8 Å². The van der Waals surface area contributed by atoms with Crippen molar-refractivity contribution >= 4 is 6.08 Å². The van der Waals surface area contributed by atoms with Crippen molar-refractivity contribution in [3.8, 4) is 5.75 Å². The first-order valence-electron chi connectivity index (χ1n) is 9.13. The molecule has 0 saturated carbocycles. The van der Waals surface area contributed by atoms with Crippen molar-refractivity contribution in [3.05, 3.63) is 35.9 Å². The van der Waals surface area contributed by atoms with E-state index >= 15 is 0 Å². The molecule has 3 rings (SSSR count). The normalized spacial score (nSPS) is 21.8. The molecule has 1 aromatic carbocycles. The summed E-state index contributed by atoms with van der Waals surface area (Å²) in [6.45, 7) is 6.18. The molecule has 0 bridgehead atoms. The van der Waals surface area contributed by atoms with Gasteiger partial charge >= 0.3 is 0 Å². The highest BCUT2D eigenvalue weighted by Gasteiger charge is 2.24. The third kappa shape index (κ3) is 4.58. The van der Waals surface area contributed by atoms with Gasteiger partial charge in [0.05, 0.1) is 7.11 Å². The van der Waals surface area contributed by atoms with Crippen LogP contribution >= 0.6 is 0 Å². The summed E-state index contributed by atoms with van der Waals surface area (Å²) in [4.78, 5) is 5.32. The molecular formula is C20H30N2O. The summed E-state index contributed by atoms with van der Waals surface area (Å²) >= 11 is 0. The summed E-state index contributed by atoms with van der Waals surface area (Å²) in [5, 5.41) is 0. The fraction of sp³-hybridized carbons (Fsp3) is 0.600. The van der Waals surface area contributed by atoms with E-state index in [-0.39, 0.29) is 0 Å². The monoisotopic (exact) mass is 314 g/mol. The second-order valence-electron chi connectivity index (χ2n) is 6.77. The van der Waals surface area contributed by atoms with E-state index in [1.54, 1.807) is 7.11 Å². The van der Waals surface area contributed by atoms with E-state index in [9.17, 15) is 0 Å². The number of likely N-dealkylation sites (tertiary alicyclic amines) is 2. The Labute approximate surface area is 140 Å². The van der Waals surface area contributed by atoms with Crippen molar-refractivity contribution in [2.24, 2.45) is 0 Å². The fourth-order valence-corrected chi connectivity index (χ4v) is 3.88. The Balaban J connectivity index is 1.44. The van der Waals surface area contributed by atoms with Crippen LogP contribution in [0.2, 0.25) is 0 Å². The van der Waals surface area contributed by atoms with Crippen molar-refractivity contribution in [1.82, 2.24) is 9.80 Å². The standard InChI is InChI=1S/C20H30N2O/c1-23-20-10-4-3-8-18(20)9-7-13-21-16-11-19(12-17-21)22-14-5-2-6-15-22/h3-4,7-10,19H,2,5-6,11-17H2,1H3. The van der Waals surface area contributed by atoms with Gasteiger partial charge in [0.2, 0.25) is 0 Å². The Bertz CT molecular complexity index is 500. The van der Waals surface area contributed by atoms with Gasteiger partial charge < -0.3 is 9.64 Å². The number of para-hydroxylation sites is 1. The molecule has 0 unspecified atom stereocenters. The van der Waals surface area contributed by atoms with Crippen LogP contribution in [0, 0.1) is 0 Å². The van der Waals surface area contributed by atoms with Crippen LogP contribution in [0.3, 0.4) is 0 Å². The van der Waals surface area contributed by atoms with Crippen LogP contribution in [-0.4, -0.2) is 55.7 Å². The maximum absolute atomic E-state index is 5.40. The van der Waals surface area contributed by atoms with E-state index in [2.05, 4.69) is 34.1 Å². The Kier molecular flexibility index (Phi) is 6.12. The topological polar surface area (TPSA) is 15.7 Å². The molecule has 0 aliphatic carbocycles. The molecule has 2 aliphatic rings. The summed E-state index contributed by atoms with van der Waals surface area (Å²) in [6, 6.07) is 9.04. The van der Waals surface area contributed by atoms with Gasteiger partial charge in [0.25, 0.3) is 0 Å². The maximum atomic E-state index is 5.40. The Hall–Kier alpha value is -1.32. The molecule has 0 amide bonds. The van der Waals surface area contributed by atoms with E-state index in [4.69, 9.17) is 4.74 Å². The average Bonchev–Trinajstić information content (AvgIpc) is 2.63. The lowest BCUT2D eigenvalue weighted by Crippen LogP contribution is -2.46. The zero-order valence-corrected chi connectivity index (χ0v) is 14.4. The van der Waals surface area contributed by atoms with E-state index in [0.29, 0.717) is 0 Å². The predicted molar refractivity (Wildman–Crippen MR) is 96.9 cm³/mol. The highest BCUT2D eigenvalue weighted by Crippen LogP contribution is 2.21. The molecule has 0 atom stereocenters. The summed E-state index contributed by atoms with van der Waals surface area (Å²) < 4.78 is 5.40. The lowest BCUT2D eigenvalue weighted by atomic mass is 10.00. The van der Waals surface area contributed by atoms with Gasteiger partial charge in [0.15, 0.2) is 0 Å². The molecule has 2 saturated heterocycles. The molecule has 2 aliphatic heterocycles. The predicted octanol–water partition coefficient (Wildman–Crippen LogP) is 3.66. The largest absolute Gasteiger partial charge is 0.496 e.